The first-order valence-electron chi connectivity index (χ1n) is 7.80. The molecule has 1 aliphatic rings. The summed E-state index contributed by atoms with van der Waals surface area (Å²) in [4.78, 5) is 14.3. The van der Waals surface area contributed by atoms with Crippen LogP contribution in [0.15, 0.2) is 27.9 Å². The Kier molecular flexibility index (Phi) is 4.75. The molecule has 0 bridgehead atoms. The van der Waals surface area contributed by atoms with Crippen LogP contribution in [0.1, 0.15) is 23.0 Å². The predicted octanol–water partition coefficient (Wildman–Crippen LogP) is 1.42. The highest BCUT2D eigenvalue weighted by Gasteiger charge is 2.31. The Morgan fingerprint density at radius 1 is 1.29 bits per heavy atom. The van der Waals surface area contributed by atoms with Gasteiger partial charge in [-0.15, -0.1) is 11.3 Å². The Balaban J connectivity index is 1.69. The Morgan fingerprint density at radius 3 is 2.54 bits per heavy atom. The summed E-state index contributed by atoms with van der Waals surface area (Å²) in [6.45, 7) is 5.90. The number of aromatic nitrogens is 2. The van der Waals surface area contributed by atoms with Crippen molar-refractivity contribution in [2.75, 3.05) is 26.2 Å². The van der Waals surface area contributed by atoms with Crippen molar-refractivity contribution in [3.05, 3.63) is 35.0 Å². The van der Waals surface area contributed by atoms with Crippen molar-refractivity contribution in [3.63, 3.8) is 0 Å². The molecule has 3 rings (SSSR count). The van der Waals surface area contributed by atoms with Crippen LogP contribution in [0.4, 0.5) is 0 Å². The molecule has 1 amide bonds. The van der Waals surface area contributed by atoms with Crippen molar-refractivity contribution < 1.29 is 13.2 Å². The first-order chi connectivity index (χ1) is 11.4. The van der Waals surface area contributed by atoms with Gasteiger partial charge in [-0.3, -0.25) is 9.48 Å². The van der Waals surface area contributed by atoms with Crippen LogP contribution in [0, 0.1) is 6.92 Å². The van der Waals surface area contributed by atoms with Crippen molar-refractivity contribution in [3.8, 4) is 0 Å². The molecule has 3 heterocycles. The second kappa shape index (κ2) is 6.66. The molecule has 2 aromatic heterocycles. The second-order valence-corrected chi connectivity index (χ2v) is 8.72. The average molecular weight is 368 g/mol. The molecule has 0 spiro atoms. The molecule has 0 radical (unpaired) electrons. The van der Waals surface area contributed by atoms with Gasteiger partial charge >= 0.3 is 0 Å². The van der Waals surface area contributed by atoms with Crippen molar-refractivity contribution in [2.45, 2.75) is 24.6 Å². The van der Waals surface area contributed by atoms with Gasteiger partial charge in [-0.05, 0) is 25.3 Å². The van der Waals surface area contributed by atoms with E-state index in [1.807, 2.05) is 13.8 Å². The zero-order valence-corrected chi connectivity index (χ0v) is 15.3. The van der Waals surface area contributed by atoms with Crippen molar-refractivity contribution in [2.24, 2.45) is 0 Å². The summed E-state index contributed by atoms with van der Waals surface area (Å²) < 4.78 is 28.6. The number of amides is 1. The Hall–Kier alpha value is -1.71. The maximum absolute atomic E-state index is 12.6. The molecule has 2 aromatic rings. The third-order valence-electron chi connectivity index (χ3n) is 4.12. The highest BCUT2D eigenvalue weighted by molar-refractivity contribution is 7.91. The summed E-state index contributed by atoms with van der Waals surface area (Å²) in [5, 5.41) is 6.05. The summed E-state index contributed by atoms with van der Waals surface area (Å²) in [7, 11) is -3.44. The SMILES string of the molecule is CCn1cc(C(=O)N2CCN(S(=O)(=O)c3cccs3)CC2)c(C)n1. The predicted molar refractivity (Wildman–Crippen MR) is 91.6 cm³/mol. The Bertz CT molecular complexity index is 819. The Labute approximate surface area is 145 Å². The third-order valence-corrected chi connectivity index (χ3v) is 7.39. The van der Waals surface area contributed by atoms with E-state index in [4.69, 9.17) is 0 Å². The zero-order valence-electron chi connectivity index (χ0n) is 13.7. The minimum absolute atomic E-state index is 0.0830. The first kappa shape index (κ1) is 17.1. The molecule has 1 aliphatic heterocycles. The lowest BCUT2D eigenvalue weighted by atomic mass is 10.2. The molecule has 7 nitrogen and oxygen atoms in total. The number of thiophene rings is 1. The Morgan fingerprint density at radius 2 is 2.00 bits per heavy atom. The molecular weight excluding hydrogens is 348 g/mol. The van der Waals surface area contributed by atoms with Crippen LogP contribution in [0.3, 0.4) is 0 Å². The number of hydrogen-bond acceptors (Lipinski definition) is 5. The first-order valence-corrected chi connectivity index (χ1v) is 10.1. The molecule has 0 atom stereocenters. The topological polar surface area (TPSA) is 75.5 Å². The molecule has 0 unspecified atom stereocenters. The van der Waals surface area contributed by atoms with Crippen LogP contribution in [0.25, 0.3) is 0 Å². The molecular formula is C15H20N4O3S2. The molecule has 1 fully saturated rings. The van der Waals surface area contributed by atoms with Gasteiger partial charge in [-0.1, -0.05) is 6.07 Å². The average Bonchev–Trinajstić information content (AvgIpc) is 3.24. The normalized spacial score (nSPS) is 16.5. The number of carbonyl (C=O) groups is 1. The molecule has 130 valence electrons. The number of sulfonamides is 1. The smallest absolute Gasteiger partial charge is 0.257 e. The van der Waals surface area contributed by atoms with E-state index in [0.717, 1.165) is 0 Å². The molecule has 0 aliphatic carbocycles. The molecule has 0 aromatic carbocycles. The van der Waals surface area contributed by atoms with Gasteiger partial charge in [0, 0.05) is 38.9 Å². The van der Waals surface area contributed by atoms with E-state index in [2.05, 4.69) is 5.10 Å². The summed E-state index contributed by atoms with van der Waals surface area (Å²) in [5.74, 6) is -0.0830. The lowest BCUT2D eigenvalue weighted by Crippen LogP contribution is -2.50. The van der Waals surface area contributed by atoms with Crippen LogP contribution in [0.5, 0.6) is 0 Å². The van der Waals surface area contributed by atoms with Gasteiger partial charge in [0.1, 0.15) is 4.21 Å². The molecule has 1 saturated heterocycles. The minimum atomic E-state index is -3.44. The number of aryl methyl sites for hydroxylation is 2. The summed E-state index contributed by atoms with van der Waals surface area (Å²) in [5.41, 5.74) is 1.29. The third kappa shape index (κ3) is 3.11. The van der Waals surface area contributed by atoms with Gasteiger partial charge in [0.05, 0.1) is 11.3 Å². The summed E-state index contributed by atoms with van der Waals surface area (Å²) in [6.07, 6.45) is 1.76. The molecule has 24 heavy (non-hydrogen) atoms. The quantitative estimate of drug-likeness (QED) is 0.818. The number of rotatable bonds is 4. The van der Waals surface area contributed by atoms with Crippen LogP contribution in [0.2, 0.25) is 0 Å². The monoisotopic (exact) mass is 368 g/mol. The van der Waals surface area contributed by atoms with Gasteiger partial charge in [0.15, 0.2) is 0 Å². The van der Waals surface area contributed by atoms with Gasteiger partial charge in [0.2, 0.25) is 0 Å². The highest BCUT2D eigenvalue weighted by atomic mass is 32.2. The van der Waals surface area contributed by atoms with E-state index < -0.39 is 10.0 Å². The number of hydrogen-bond donors (Lipinski definition) is 0. The van der Waals surface area contributed by atoms with Gasteiger partial charge < -0.3 is 4.90 Å². The maximum atomic E-state index is 12.6. The van der Waals surface area contributed by atoms with E-state index in [1.165, 1.54) is 15.6 Å². The van der Waals surface area contributed by atoms with Gasteiger partial charge in [-0.25, -0.2) is 8.42 Å². The lowest BCUT2D eigenvalue weighted by Gasteiger charge is -2.33. The fourth-order valence-corrected chi connectivity index (χ4v) is 5.30. The fraction of sp³-hybridized carbons (Fsp3) is 0.467. The summed E-state index contributed by atoms with van der Waals surface area (Å²) in [6, 6.07) is 3.34. The van der Waals surface area contributed by atoms with E-state index in [0.29, 0.717) is 48.2 Å². The number of carbonyl (C=O) groups excluding carboxylic acids is 1. The molecule has 0 saturated carbocycles. The van der Waals surface area contributed by atoms with Crippen LogP contribution in [-0.2, 0) is 16.6 Å². The largest absolute Gasteiger partial charge is 0.336 e. The van der Waals surface area contributed by atoms with E-state index in [1.54, 1.807) is 33.3 Å². The van der Waals surface area contributed by atoms with E-state index in [9.17, 15) is 13.2 Å². The van der Waals surface area contributed by atoms with Crippen molar-refractivity contribution in [1.82, 2.24) is 19.0 Å². The lowest BCUT2D eigenvalue weighted by molar-refractivity contribution is 0.0697. The van der Waals surface area contributed by atoms with E-state index >= 15 is 0 Å². The van der Waals surface area contributed by atoms with Gasteiger partial charge in [-0.2, -0.15) is 9.40 Å². The molecule has 9 heteroatoms. The van der Waals surface area contributed by atoms with E-state index in [-0.39, 0.29) is 5.91 Å². The van der Waals surface area contributed by atoms with Crippen LogP contribution >= 0.6 is 11.3 Å². The van der Waals surface area contributed by atoms with Crippen molar-refractivity contribution in [1.29, 1.82) is 0 Å². The number of piperazine rings is 1. The molecule has 0 N–H and O–H groups in total. The number of nitrogens with zero attached hydrogens (tertiary/aromatic N) is 4. The van der Waals surface area contributed by atoms with Crippen molar-refractivity contribution >= 4 is 27.3 Å². The minimum Gasteiger partial charge on any atom is -0.336 e. The van der Waals surface area contributed by atoms with Crippen LogP contribution < -0.4 is 0 Å². The summed E-state index contributed by atoms with van der Waals surface area (Å²) >= 11 is 1.21. The highest BCUT2D eigenvalue weighted by Crippen LogP contribution is 2.22. The fourth-order valence-electron chi connectivity index (χ4n) is 2.73. The maximum Gasteiger partial charge on any atom is 0.257 e. The second-order valence-electron chi connectivity index (χ2n) is 5.61. The van der Waals surface area contributed by atoms with Crippen LogP contribution in [-0.4, -0.2) is 59.5 Å². The van der Waals surface area contributed by atoms with Gasteiger partial charge in [0.25, 0.3) is 15.9 Å². The zero-order chi connectivity index (χ0) is 17.3. The standard InChI is InChI=1S/C15H20N4O3S2/c1-3-18-11-13(12(2)16-18)15(20)17-6-8-19(9-7-17)24(21,22)14-5-4-10-23-14/h4-5,10-11H,3,6-9H2,1-2H3.